The van der Waals surface area contributed by atoms with E-state index in [4.69, 9.17) is 4.74 Å². The molecule has 6 heteroatoms. The summed E-state index contributed by atoms with van der Waals surface area (Å²) < 4.78 is 5.23. The Kier molecular flexibility index (Phi) is 4.97. The number of benzene rings is 1. The summed E-state index contributed by atoms with van der Waals surface area (Å²) in [6, 6.07) is 10.7. The van der Waals surface area contributed by atoms with Crippen molar-refractivity contribution in [2.75, 3.05) is 33.3 Å². The Morgan fingerprint density at radius 3 is 2.24 bits per heavy atom. The number of hydrogen-bond acceptors (Lipinski definition) is 4. The maximum atomic E-state index is 12.7. The van der Waals surface area contributed by atoms with Crippen molar-refractivity contribution in [3.63, 3.8) is 0 Å². The Hall–Kier alpha value is -2.89. The summed E-state index contributed by atoms with van der Waals surface area (Å²) in [7, 11) is 1.61. The molecule has 130 valence electrons. The molecular formula is C19H21N3O3. The fraction of sp³-hybridized carbons (Fsp3) is 0.316. The molecule has 1 saturated heterocycles. The van der Waals surface area contributed by atoms with E-state index in [0.717, 1.165) is 11.3 Å². The van der Waals surface area contributed by atoms with Crippen molar-refractivity contribution in [1.82, 2.24) is 14.8 Å². The molecule has 0 aliphatic carbocycles. The predicted octanol–water partition coefficient (Wildman–Crippen LogP) is 2.00. The quantitative estimate of drug-likeness (QED) is 0.858. The number of nitrogens with zero attached hydrogens (tertiary/aromatic N) is 3. The third kappa shape index (κ3) is 3.63. The van der Waals surface area contributed by atoms with E-state index in [2.05, 4.69) is 4.98 Å². The number of pyridine rings is 1. The molecule has 0 unspecified atom stereocenters. The summed E-state index contributed by atoms with van der Waals surface area (Å²) in [4.78, 5) is 32.7. The molecule has 1 aliphatic rings. The topological polar surface area (TPSA) is 62.7 Å². The summed E-state index contributed by atoms with van der Waals surface area (Å²) in [6.45, 7) is 3.97. The van der Waals surface area contributed by atoms with Gasteiger partial charge in [-0.25, -0.2) is 0 Å². The molecule has 2 aromatic rings. The highest BCUT2D eigenvalue weighted by Crippen LogP contribution is 2.20. The molecule has 1 fully saturated rings. The van der Waals surface area contributed by atoms with Gasteiger partial charge in [0.2, 0.25) is 0 Å². The van der Waals surface area contributed by atoms with Crippen LogP contribution in [0.25, 0.3) is 0 Å². The average Bonchev–Trinajstić information content (AvgIpc) is 2.67. The monoisotopic (exact) mass is 339 g/mol. The number of amides is 2. The molecule has 0 N–H and O–H groups in total. The first-order chi connectivity index (χ1) is 12.1. The number of carbonyl (C=O) groups excluding carboxylic acids is 2. The van der Waals surface area contributed by atoms with Crippen LogP contribution in [-0.4, -0.2) is 59.9 Å². The molecule has 1 aliphatic heterocycles. The summed E-state index contributed by atoms with van der Waals surface area (Å²) in [5.41, 5.74) is 2.01. The van der Waals surface area contributed by atoms with Crippen molar-refractivity contribution < 1.29 is 14.3 Å². The van der Waals surface area contributed by atoms with Crippen molar-refractivity contribution in [2.45, 2.75) is 6.92 Å². The van der Waals surface area contributed by atoms with E-state index in [-0.39, 0.29) is 11.8 Å². The molecule has 3 rings (SSSR count). The number of hydrogen-bond donors (Lipinski definition) is 0. The largest absolute Gasteiger partial charge is 0.496 e. The standard InChI is InChI=1S/C19H21N3O3/c1-14-13-15(6-7-17(14)25-2)18(23)21-9-11-22(12-10-21)19(24)16-5-3-4-8-20-16/h3-8,13H,9-12H2,1-2H3. The van der Waals surface area contributed by atoms with Crippen LogP contribution >= 0.6 is 0 Å². The van der Waals surface area contributed by atoms with Crippen molar-refractivity contribution in [3.05, 3.63) is 59.4 Å². The first-order valence-electron chi connectivity index (χ1n) is 8.24. The number of aromatic nitrogens is 1. The Morgan fingerprint density at radius 1 is 1.00 bits per heavy atom. The van der Waals surface area contributed by atoms with Gasteiger partial charge in [0.25, 0.3) is 11.8 Å². The Morgan fingerprint density at radius 2 is 1.68 bits per heavy atom. The highest BCUT2D eigenvalue weighted by Gasteiger charge is 2.26. The zero-order chi connectivity index (χ0) is 17.8. The zero-order valence-electron chi connectivity index (χ0n) is 14.4. The lowest BCUT2D eigenvalue weighted by Crippen LogP contribution is -2.50. The van der Waals surface area contributed by atoms with Crippen LogP contribution in [0.1, 0.15) is 26.4 Å². The summed E-state index contributed by atoms with van der Waals surface area (Å²) >= 11 is 0. The third-order valence-electron chi connectivity index (χ3n) is 4.38. The minimum Gasteiger partial charge on any atom is -0.496 e. The number of ether oxygens (including phenoxy) is 1. The number of piperazine rings is 1. The van der Waals surface area contributed by atoms with E-state index in [0.29, 0.717) is 37.4 Å². The molecule has 0 atom stereocenters. The first kappa shape index (κ1) is 17.0. The van der Waals surface area contributed by atoms with Gasteiger partial charge < -0.3 is 14.5 Å². The second-order valence-electron chi connectivity index (χ2n) is 5.98. The molecule has 0 bridgehead atoms. The van der Waals surface area contributed by atoms with E-state index >= 15 is 0 Å². The van der Waals surface area contributed by atoms with E-state index < -0.39 is 0 Å². The minimum atomic E-state index is -0.0898. The second kappa shape index (κ2) is 7.34. The van der Waals surface area contributed by atoms with Crippen LogP contribution in [0.2, 0.25) is 0 Å². The number of aryl methyl sites for hydroxylation is 1. The summed E-state index contributed by atoms with van der Waals surface area (Å²) in [6.07, 6.45) is 1.61. The van der Waals surface area contributed by atoms with Crippen molar-refractivity contribution in [2.24, 2.45) is 0 Å². The van der Waals surface area contributed by atoms with Gasteiger partial charge in [-0.1, -0.05) is 6.07 Å². The van der Waals surface area contributed by atoms with Gasteiger partial charge in [0.05, 0.1) is 7.11 Å². The molecule has 1 aromatic carbocycles. The van der Waals surface area contributed by atoms with Crippen molar-refractivity contribution >= 4 is 11.8 Å². The maximum absolute atomic E-state index is 12.7. The van der Waals surface area contributed by atoms with E-state index in [1.54, 1.807) is 47.4 Å². The van der Waals surface area contributed by atoms with Gasteiger partial charge in [-0.05, 0) is 42.8 Å². The first-order valence-corrected chi connectivity index (χ1v) is 8.24. The van der Waals surface area contributed by atoms with Gasteiger partial charge in [0.15, 0.2) is 0 Å². The average molecular weight is 339 g/mol. The van der Waals surface area contributed by atoms with E-state index in [1.165, 1.54) is 0 Å². The van der Waals surface area contributed by atoms with Crippen LogP contribution in [0.4, 0.5) is 0 Å². The zero-order valence-corrected chi connectivity index (χ0v) is 14.4. The Bertz CT molecular complexity index is 769. The van der Waals surface area contributed by atoms with Gasteiger partial charge in [-0.2, -0.15) is 0 Å². The lowest BCUT2D eigenvalue weighted by atomic mass is 10.1. The van der Waals surface area contributed by atoms with Crippen LogP contribution in [0.15, 0.2) is 42.6 Å². The molecule has 6 nitrogen and oxygen atoms in total. The van der Waals surface area contributed by atoms with Crippen LogP contribution in [0, 0.1) is 6.92 Å². The summed E-state index contributed by atoms with van der Waals surface area (Å²) in [5.74, 6) is 0.658. The molecule has 0 spiro atoms. The molecule has 0 radical (unpaired) electrons. The van der Waals surface area contributed by atoms with Gasteiger partial charge in [0.1, 0.15) is 11.4 Å². The van der Waals surface area contributed by atoms with Gasteiger partial charge in [-0.15, -0.1) is 0 Å². The third-order valence-corrected chi connectivity index (χ3v) is 4.38. The minimum absolute atomic E-state index is 0.0179. The summed E-state index contributed by atoms with van der Waals surface area (Å²) in [5, 5.41) is 0. The number of rotatable bonds is 3. The SMILES string of the molecule is COc1ccc(C(=O)N2CCN(C(=O)c3ccccn3)CC2)cc1C. The fourth-order valence-electron chi connectivity index (χ4n) is 2.96. The highest BCUT2D eigenvalue weighted by atomic mass is 16.5. The lowest BCUT2D eigenvalue weighted by Gasteiger charge is -2.34. The van der Waals surface area contributed by atoms with E-state index in [9.17, 15) is 9.59 Å². The molecule has 2 amide bonds. The molecule has 1 aromatic heterocycles. The van der Waals surface area contributed by atoms with Crippen LogP contribution in [0.3, 0.4) is 0 Å². The smallest absolute Gasteiger partial charge is 0.272 e. The number of carbonyl (C=O) groups is 2. The van der Waals surface area contributed by atoms with Crippen LogP contribution in [-0.2, 0) is 0 Å². The second-order valence-corrected chi connectivity index (χ2v) is 5.98. The Labute approximate surface area is 147 Å². The highest BCUT2D eigenvalue weighted by molar-refractivity contribution is 5.95. The van der Waals surface area contributed by atoms with Crippen LogP contribution < -0.4 is 4.74 Å². The molecular weight excluding hydrogens is 318 g/mol. The number of methoxy groups -OCH3 is 1. The fourth-order valence-corrected chi connectivity index (χ4v) is 2.96. The molecule has 25 heavy (non-hydrogen) atoms. The predicted molar refractivity (Wildman–Crippen MR) is 93.8 cm³/mol. The molecule has 2 heterocycles. The van der Waals surface area contributed by atoms with Gasteiger partial charge >= 0.3 is 0 Å². The van der Waals surface area contributed by atoms with E-state index in [1.807, 2.05) is 19.1 Å². The maximum Gasteiger partial charge on any atom is 0.272 e. The Balaban J connectivity index is 1.63. The van der Waals surface area contributed by atoms with Crippen LogP contribution in [0.5, 0.6) is 5.75 Å². The van der Waals surface area contributed by atoms with Crippen molar-refractivity contribution in [3.8, 4) is 5.75 Å². The van der Waals surface area contributed by atoms with Gasteiger partial charge in [-0.3, -0.25) is 14.6 Å². The van der Waals surface area contributed by atoms with Gasteiger partial charge in [0, 0.05) is 37.9 Å². The lowest BCUT2D eigenvalue weighted by molar-refractivity contribution is 0.0532. The normalized spacial score (nSPS) is 14.3. The molecule has 0 saturated carbocycles. The van der Waals surface area contributed by atoms with Crippen molar-refractivity contribution in [1.29, 1.82) is 0 Å².